The molecule has 0 saturated carbocycles. The second kappa shape index (κ2) is 14.0. The molecule has 6 nitrogen and oxygen atoms in total. The van der Waals surface area contributed by atoms with Crippen molar-refractivity contribution in [2.75, 3.05) is 6.54 Å². The van der Waals surface area contributed by atoms with Gasteiger partial charge in [-0.3, -0.25) is 4.79 Å². The third-order valence-corrected chi connectivity index (χ3v) is 7.27. The third-order valence-electron chi connectivity index (χ3n) is 7.27. The number of carbonyl (C=O) groups excluding carboxylic acids is 1. The number of fused-ring (bicyclic) bond motifs is 1. The van der Waals surface area contributed by atoms with Crippen molar-refractivity contribution >= 4 is 16.8 Å². The van der Waals surface area contributed by atoms with E-state index in [-0.39, 0.29) is 18.5 Å². The standard InChI is InChI=1S/C33H36F2N4O2/c1-3-5-10-39-11-9-29-26(19-36)16-25(17-31(29)39)33(41)38-30(15-24-13-27(34)18-28(35)14-24)32(40)21-37-20-23-8-6-7-22(4-2)12-23/h6-9,11-14,16-18,30,32,37,40H,3-5,10,15,20-21H2,1-2H3,(H,38,41)/t30-,32-/m0/s1. The van der Waals surface area contributed by atoms with Crippen LogP contribution in [0.25, 0.3) is 10.9 Å². The summed E-state index contributed by atoms with van der Waals surface area (Å²) in [5, 5.41) is 27.8. The van der Waals surface area contributed by atoms with Gasteiger partial charge in [-0.05, 0) is 66.3 Å². The number of aliphatic hydroxyl groups excluding tert-OH is 1. The van der Waals surface area contributed by atoms with E-state index < -0.39 is 29.7 Å². The Morgan fingerprint density at radius 1 is 1.02 bits per heavy atom. The number of nitrogens with zero attached hydrogens (tertiary/aromatic N) is 2. The molecule has 0 radical (unpaired) electrons. The molecule has 0 aliphatic carbocycles. The highest BCUT2D eigenvalue weighted by Gasteiger charge is 2.24. The number of hydrogen-bond acceptors (Lipinski definition) is 4. The summed E-state index contributed by atoms with van der Waals surface area (Å²) in [5.74, 6) is -1.95. The number of unbranched alkanes of at least 4 members (excludes halogenated alkanes) is 1. The molecule has 0 aliphatic heterocycles. The van der Waals surface area contributed by atoms with Crippen LogP contribution in [0.1, 0.15) is 59.3 Å². The van der Waals surface area contributed by atoms with E-state index in [0.717, 1.165) is 48.3 Å². The van der Waals surface area contributed by atoms with Gasteiger partial charge in [0.2, 0.25) is 0 Å². The van der Waals surface area contributed by atoms with Gasteiger partial charge in [0, 0.05) is 42.8 Å². The highest BCUT2D eigenvalue weighted by Crippen LogP contribution is 2.23. The van der Waals surface area contributed by atoms with E-state index >= 15 is 0 Å². The van der Waals surface area contributed by atoms with Crippen LogP contribution in [-0.2, 0) is 25.9 Å². The molecule has 0 spiro atoms. The molecule has 0 saturated heterocycles. The fourth-order valence-corrected chi connectivity index (χ4v) is 5.03. The first-order chi connectivity index (χ1) is 19.8. The van der Waals surface area contributed by atoms with Crippen LogP contribution in [0, 0.1) is 23.0 Å². The summed E-state index contributed by atoms with van der Waals surface area (Å²) < 4.78 is 29.9. The van der Waals surface area contributed by atoms with E-state index in [2.05, 4.69) is 42.7 Å². The Kier molecular flexibility index (Phi) is 10.2. The van der Waals surface area contributed by atoms with Crippen LogP contribution in [0.15, 0.2) is 66.9 Å². The molecule has 4 rings (SSSR count). The summed E-state index contributed by atoms with van der Waals surface area (Å²) in [5.41, 5.74) is 4.01. The lowest BCUT2D eigenvalue weighted by molar-refractivity contribution is 0.0830. The lowest BCUT2D eigenvalue weighted by Crippen LogP contribution is -2.48. The van der Waals surface area contributed by atoms with Crippen molar-refractivity contribution in [3.8, 4) is 6.07 Å². The minimum atomic E-state index is -1.06. The molecular formula is C33H36F2N4O2. The number of nitriles is 1. The van der Waals surface area contributed by atoms with Crippen LogP contribution in [0.4, 0.5) is 8.78 Å². The van der Waals surface area contributed by atoms with Gasteiger partial charge in [0.1, 0.15) is 11.6 Å². The summed E-state index contributed by atoms with van der Waals surface area (Å²) in [6.07, 6.45) is 3.73. The van der Waals surface area contributed by atoms with Crippen molar-refractivity contribution in [2.45, 2.75) is 64.8 Å². The van der Waals surface area contributed by atoms with Gasteiger partial charge in [-0.2, -0.15) is 5.26 Å². The normalized spacial score (nSPS) is 12.7. The molecule has 41 heavy (non-hydrogen) atoms. The average molecular weight is 559 g/mol. The number of amides is 1. The number of benzene rings is 3. The van der Waals surface area contributed by atoms with E-state index in [1.807, 2.05) is 29.0 Å². The molecule has 1 aromatic heterocycles. The number of carbonyl (C=O) groups is 1. The van der Waals surface area contributed by atoms with Gasteiger partial charge < -0.3 is 20.3 Å². The van der Waals surface area contributed by atoms with Gasteiger partial charge in [-0.25, -0.2) is 8.78 Å². The molecule has 8 heteroatoms. The van der Waals surface area contributed by atoms with Crippen LogP contribution in [0.5, 0.6) is 0 Å². The fraction of sp³-hybridized carbons (Fsp3) is 0.333. The first-order valence-electron chi connectivity index (χ1n) is 14.1. The highest BCUT2D eigenvalue weighted by atomic mass is 19.1. The van der Waals surface area contributed by atoms with Crippen molar-refractivity contribution < 1.29 is 18.7 Å². The third kappa shape index (κ3) is 7.78. The largest absolute Gasteiger partial charge is 0.390 e. The Balaban J connectivity index is 1.56. The molecule has 1 amide bonds. The first kappa shape index (κ1) is 29.9. The van der Waals surface area contributed by atoms with Gasteiger partial charge >= 0.3 is 0 Å². The number of halogens is 2. The zero-order chi connectivity index (χ0) is 29.4. The summed E-state index contributed by atoms with van der Waals surface area (Å²) in [6.45, 7) is 5.59. The summed E-state index contributed by atoms with van der Waals surface area (Å²) >= 11 is 0. The van der Waals surface area contributed by atoms with Gasteiger partial charge in [-0.15, -0.1) is 0 Å². The van der Waals surface area contributed by atoms with E-state index in [9.17, 15) is 23.9 Å². The van der Waals surface area contributed by atoms with Crippen molar-refractivity contribution in [1.82, 2.24) is 15.2 Å². The molecule has 3 N–H and O–H groups in total. The van der Waals surface area contributed by atoms with Crippen molar-refractivity contribution in [2.24, 2.45) is 0 Å². The number of aliphatic hydroxyl groups is 1. The monoisotopic (exact) mass is 558 g/mol. The van der Waals surface area contributed by atoms with Crippen LogP contribution in [0.2, 0.25) is 0 Å². The summed E-state index contributed by atoms with van der Waals surface area (Å²) in [6, 6.07) is 17.8. The van der Waals surface area contributed by atoms with Crippen LogP contribution in [-0.4, -0.2) is 34.3 Å². The SMILES string of the molecule is CCCCn1ccc2c(C#N)cc(C(=O)N[C@@H](Cc3cc(F)cc(F)c3)[C@@H](O)CNCc3cccc(CC)c3)cc21. The predicted molar refractivity (Wildman–Crippen MR) is 156 cm³/mol. The lowest BCUT2D eigenvalue weighted by Gasteiger charge is -2.25. The Hall–Kier alpha value is -4.06. The summed E-state index contributed by atoms with van der Waals surface area (Å²) in [7, 11) is 0. The molecule has 0 unspecified atom stereocenters. The number of aromatic nitrogens is 1. The van der Waals surface area contributed by atoms with Crippen molar-refractivity contribution in [1.29, 1.82) is 5.26 Å². The number of nitrogens with one attached hydrogen (secondary N) is 2. The minimum Gasteiger partial charge on any atom is -0.390 e. The average Bonchev–Trinajstić information content (AvgIpc) is 3.37. The maximum Gasteiger partial charge on any atom is 0.251 e. The Labute approximate surface area is 239 Å². The topological polar surface area (TPSA) is 90.1 Å². The van der Waals surface area contributed by atoms with E-state index in [0.29, 0.717) is 17.7 Å². The molecule has 0 aliphatic rings. The van der Waals surface area contributed by atoms with E-state index in [1.165, 1.54) is 23.8 Å². The smallest absolute Gasteiger partial charge is 0.251 e. The van der Waals surface area contributed by atoms with Crippen LogP contribution < -0.4 is 10.6 Å². The second-order valence-electron chi connectivity index (χ2n) is 10.4. The molecule has 2 atom stereocenters. The minimum absolute atomic E-state index is 0.00874. The van der Waals surface area contributed by atoms with Gasteiger partial charge in [0.15, 0.2) is 0 Å². The molecule has 0 fully saturated rings. The Morgan fingerprint density at radius 2 is 1.78 bits per heavy atom. The van der Waals surface area contributed by atoms with Gasteiger partial charge in [0.25, 0.3) is 5.91 Å². The first-order valence-corrected chi connectivity index (χ1v) is 14.1. The number of rotatable bonds is 13. The zero-order valence-corrected chi connectivity index (χ0v) is 23.5. The zero-order valence-electron chi connectivity index (χ0n) is 23.5. The molecular weight excluding hydrogens is 522 g/mol. The molecule has 0 bridgehead atoms. The number of aryl methyl sites for hydroxylation is 2. The van der Waals surface area contributed by atoms with Crippen LogP contribution in [0.3, 0.4) is 0 Å². The molecule has 214 valence electrons. The Bertz CT molecular complexity index is 1520. The predicted octanol–water partition coefficient (Wildman–Crippen LogP) is 5.65. The second-order valence-corrected chi connectivity index (χ2v) is 10.4. The maximum absolute atomic E-state index is 14.0. The molecule has 1 heterocycles. The highest BCUT2D eigenvalue weighted by molar-refractivity contribution is 6.00. The fourth-order valence-electron chi connectivity index (χ4n) is 5.03. The summed E-state index contributed by atoms with van der Waals surface area (Å²) in [4.78, 5) is 13.5. The van der Waals surface area contributed by atoms with E-state index in [1.54, 1.807) is 6.07 Å². The molecule has 3 aromatic carbocycles. The van der Waals surface area contributed by atoms with Crippen molar-refractivity contribution in [3.63, 3.8) is 0 Å². The lowest BCUT2D eigenvalue weighted by atomic mass is 9.99. The van der Waals surface area contributed by atoms with Gasteiger partial charge in [0.05, 0.1) is 29.3 Å². The van der Waals surface area contributed by atoms with Gasteiger partial charge in [-0.1, -0.05) is 44.5 Å². The quantitative estimate of drug-likeness (QED) is 0.198. The van der Waals surface area contributed by atoms with Crippen molar-refractivity contribution in [3.05, 3.63) is 106 Å². The Morgan fingerprint density at radius 3 is 2.49 bits per heavy atom. The maximum atomic E-state index is 14.0. The number of hydrogen-bond donors (Lipinski definition) is 3. The van der Waals surface area contributed by atoms with Crippen LogP contribution >= 0.6 is 0 Å². The van der Waals surface area contributed by atoms with E-state index in [4.69, 9.17) is 0 Å². The molecule has 4 aromatic rings.